The van der Waals surface area contributed by atoms with Crippen LogP contribution in [-0.2, 0) is 6.54 Å². The number of halogens is 1. The minimum absolute atomic E-state index is 0.191. The number of aryl methyl sites for hydroxylation is 1. The molecule has 0 bridgehead atoms. The van der Waals surface area contributed by atoms with Crippen molar-refractivity contribution >= 4 is 11.6 Å². The summed E-state index contributed by atoms with van der Waals surface area (Å²) >= 11 is 5.99. The summed E-state index contributed by atoms with van der Waals surface area (Å²) in [6.07, 6.45) is 3.07. The van der Waals surface area contributed by atoms with Crippen molar-refractivity contribution in [2.75, 3.05) is 13.1 Å². The molecule has 0 aliphatic rings. The smallest absolute Gasteiger partial charge is 0.0814 e. The van der Waals surface area contributed by atoms with Gasteiger partial charge in [0.05, 0.1) is 10.7 Å². The maximum atomic E-state index is 5.99. The number of hydrogen-bond donors (Lipinski definition) is 1. The van der Waals surface area contributed by atoms with Gasteiger partial charge in [0.15, 0.2) is 0 Å². The van der Waals surface area contributed by atoms with Crippen molar-refractivity contribution < 1.29 is 0 Å². The standard InChI is InChI=1S/C12H22ClN3/c1-5-6-14-8-12(3,4)9-16-7-11(13)10(2)15-16/h7,14H,5-6,8-9H2,1-4H3. The molecule has 0 fully saturated rings. The van der Waals surface area contributed by atoms with Gasteiger partial charge < -0.3 is 5.32 Å². The average Bonchev–Trinajstić information content (AvgIpc) is 2.44. The molecule has 0 spiro atoms. The van der Waals surface area contributed by atoms with E-state index in [-0.39, 0.29) is 5.41 Å². The van der Waals surface area contributed by atoms with Gasteiger partial charge in [0.1, 0.15) is 0 Å². The van der Waals surface area contributed by atoms with E-state index in [0.29, 0.717) is 0 Å². The highest BCUT2D eigenvalue weighted by Gasteiger charge is 2.19. The molecule has 92 valence electrons. The van der Waals surface area contributed by atoms with E-state index in [1.165, 1.54) is 6.42 Å². The minimum atomic E-state index is 0.191. The predicted molar refractivity (Wildman–Crippen MR) is 68.9 cm³/mol. The van der Waals surface area contributed by atoms with E-state index in [1.54, 1.807) is 0 Å². The van der Waals surface area contributed by atoms with Crippen LogP contribution in [-0.4, -0.2) is 22.9 Å². The second-order valence-corrected chi connectivity index (χ2v) is 5.51. The Bertz CT molecular complexity index is 312. The first-order chi connectivity index (χ1) is 7.44. The van der Waals surface area contributed by atoms with Gasteiger partial charge in [-0.05, 0) is 25.3 Å². The van der Waals surface area contributed by atoms with E-state index in [2.05, 4.69) is 31.2 Å². The van der Waals surface area contributed by atoms with Gasteiger partial charge in [-0.25, -0.2) is 0 Å². The van der Waals surface area contributed by atoms with Crippen LogP contribution < -0.4 is 5.32 Å². The SMILES string of the molecule is CCCNCC(C)(C)Cn1cc(Cl)c(C)n1. The Morgan fingerprint density at radius 1 is 1.50 bits per heavy atom. The second-order valence-electron chi connectivity index (χ2n) is 5.10. The summed E-state index contributed by atoms with van der Waals surface area (Å²) in [6.45, 7) is 11.5. The molecule has 3 nitrogen and oxygen atoms in total. The third-order valence-corrected chi connectivity index (χ3v) is 2.88. The van der Waals surface area contributed by atoms with E-state index < -0.39 is 0 Å². The molecule has 1 aromatic rings. The Morgan fingerprint density at radius 3 is 2.69 bits per heavy atom. The molecular weight excluding hydrogens is 222 g/mol. The summed E-state index contributed by atoms with van der Waals surface area (Å²) in [5.74, 6) is 0. The lowest BCUT2D eigenvalue weighted by atomic mass is 9.93. The van der Waals surface area contributed by atoms with Crippen molar-refractivity contribution in [3.05, 3.63) is 16.9 Å². The lowest BCUT2D eigenvalue weighted by molar-refractivity contribution is 0.276. The van der Waals surface area contributed by atoms with Crippen molar-refractivity contribution in [3.63, 3.8) is 0 Å². The fourth-order valence-electron chi connectivity index (χ4n) is 1.67. The summed E-state index contributed by atoms with van der Waals surface area (Å²) in [5.41, 5.74) is 1.09. The first-order valence-corrected chi connectivity index (χ1v) is 6.22. The average molecular weight is 244 g/mol. The molecule has 4 heteroatoms. The summed E-state index contributed by atoms with van der Waals surface area (Å²) in [7, 11) is 0. The van der Waals surface area contributed by atoms with Crippen molar-refractivity contribution in [2.45, 2.75) is 40.7 Å². The van der Waals surface area contributed by atoms with E-state index in [0.717, 1.165) is 30.4 Å². The van der Waals surface area contributed by atoms with Crippen molar-refractivity contribution in [2.24, 2.45) is 5.41 Å². The number of nitrogens with zero attached hydrogens (tertiary/aromatic N) is 2. The molecule has 0 radical (unpaired) electrons. The Balaban J connectivity index is 2.51. The highest BCUT2D eigenvalue weighted by atomic mass is 35.5. The lowest BCUT2D eigenvalue weighted by Gasteiger charge is -2.24. The normalized spacial score (nSPS) is 12.1. The van der Waals surface area contributed by atoms with Gasteiger partial charge in [0.2, 0.25) is 0 Å². The summed E-state index contributed by atoms with van der Waals surface area (Å²) in [5, 5.41) is 8.57. The van der Waals surface area contributed by atoms with Crippen LogP contribution >= 0.6 is 11.6 Å². The molecule has 1 rings (SSSR count). The predicted octanol–water partition coefficient (Wildman–Crippen LogP) is 2.87. The van der Waals surface area contributed by atoms with Crippen LogP contribution in [0.2, 0.25) is 5.02 Å². The van der Waals surface area contributed by atoms with Crippen molar-refractivity contribution in [3.8, 4) is 0 Å². The van der Waals surface area contributed by atoms with Crippen LogP contribution in [0.4, 0.5) is 0 Å². The van der Waals surface area contributed by atoms with Crippen LogP contribution in [0.5, 0.6) is 0 Å². The highest BCUT2D eigenvalue weighted by molar-refractivity contribution is 6.31. The summed E-state index contributed by atoms with van der Waals surface area (Å²) in [4.78, 5) is 0. The number of rotatable bonds is 6. The van der Waals surface area contributed by atoms with Gasteiger partial charge in [-0.2, -0.15) is 5.10 Å². The minimum Gasteiger partial charge on any atom is -0.316 e. The molecule has 1 heterocycles. The fourth-order valence-corrected chi connectivity index (χ4v) is 1.82. The van der Waals surface area contributed by atoms with Crippen molar-refractivity contribution in [1.82, 2.24) is 15.1 Å². The molecule has 0 saturated heterocycles. The van der Waals surface area contributed by atoms with Gasteiger partial charge in [0, 0.05) is 19.3 Å². The Hall–Kier alpha value is -0.540. The van der Waals surface area contributed by atoms with E-state index in [4.69, 9.17) is 11.6 Å². The van der Waals surface area contributed by atoms with Crippen LogP contribution in [0, 0.1) is 12.3 Å². The van der Waals surface area contributed by atoms with Gasteiger partial charge in [0.25, 0.3) is 0 Å². The molecule has 0 aliphatic carbocycles. The van der Waals surface area contributed by atoms with Gasteiger partial charge in [-0.1, -0.05) is 32.4 Å². The van der Waals surface area contributed by atoms with Crippen LogP contribution in [0.1, 0.15) is 32.9 Å². The maximum Gasteiger partial charge on any atom is 0.0814 e. The van der Waals surface area contributed by atoms with E-state index in [9.17, 15) is 0 Å². The zero-order valence-corrected chi connectivity index (χ0v) is 11.4. The second kappa shape index (κ2) is 5.69. The maximum absolute atomic E-state index is 5.99. The summed E-state index contributed by atoms with van der Waals surface area (Å²) < 4.78 is 1.94. The number of hydrogen-bond acceptors (Lipinski definition) is 2. The topological polar surface area (TPSA) is 29.9 Å². The van der Waals surface area contributed by atoms with Crippen molar-refractivity contribution in [1.29, 1.82) is 0 Å². The first-order valence-electron chi connectivity index (χ1n) is 5.85. The monoisotopic (exact) mass is 243 g/mol. The zero-order valence-electron chi connectivity index (χ0n) is 10.7. The fraction of sp³-hybridized carbons (Fsp3) is 0.750. The summed E-state index contributed by atoms with van der Waals surface area (Å²) in [6, 6.07) is 0. The molecular formula is C12H22ClN3. The van der Waals surface area contributed by atoms with Crippen LogP contribution in [0.25, 0.3) is 0 Å². The van der Waals surface area contributed by atoms with Gasteiger partial charge in [-0.3, -0.25) is 4.68 Å². The van der Waals surface area contributed by atoms with Gasteiger partial charge in [-0.15, -0.1) is 0 Å². The molecule has 16 heavy (non-hydrogen) atoms. The van der Waals surface area contributed by atoms with E-state index in [1.807, 2.05) is 17.8 Å². The molecule has 0 aliphatic heterocycles. The molecule has 0 aromatic carbocycles. The Morgan fingerprint density at radius 2 is 2.19 bits per heavy atom. The largest absolute Gasteiger partial charge is 0.316 e. The number of nitrogens with one attached hydrogen (secondary N) is 1. The molecule has 0 unspecified atom stereocenters. The number of aromatic nitrogens is 2. The van der Waals surface area contributed by atoms with Gasteiger partial charge >= 0.3 is 0 Å². The molecule has 1 N–H and O–H groups in total. The Labute approximate surface area is 103 Å². The molecule has 0 atom stereocenters. The van der Waals surface area contributed by atoms with Crippen LogP contribution in [0.15, 0.2) is 6.20 Å². The molecule has 0 amide bonds. The lowest BCUT2D eigenvalue weighted by Crippen LogP contribution is -2.33. The first kappa shape index (κ1) is 13.5. The quantitative estimate of drug-likeness (QED) is 0.779. The Kier molecular flexibility index (Phi) is 4.81. The molecule has 1 aromatic heterocycles. The van der Waals surface area contributed by atoms with E-state index >= 15 is 0 Å². The third-order valence-electron chi connectivity index (χ3n) is 2.51. The molecule has 0 saturated carbocycles. The third kappa shape index (κ3) is 4.14. The van der Waals surface area contributed by atoms with Crippen LogP contribution in [0.3, 0.4) is 0 Å². The highest BCUT2D eigenvalue weighted by Crippen LogP contribution is 2.19. The zero-order chi connectivity index (χ0) is 12.2.